The van der Waals surface area contributed by atoms with Crippen LogP contribution < -0.4 is 5.32 Å². The van der Waals surface area contributed by atoms with Crippen molar-refractivity contribution >= 4 is 11.8 Å². The van der Waals surface area contributed by atoms with E-state index in [1.54, 1.807) is 35.5 Å². The van der Waals surface area contributed by atoms with Gasteiger partial charge >= 0.3 is 0 Å². The van der Waals surface area contributed by atoms with Crippen molar-refractivity contribution in [2.24, 2.45) is 0 Å². The van der Waals surface area contributed by atoms with Gasteiger partial charge < -0.3 is 19.4 Å². The van der Waals surface area contributed by atoms with Gasteiger partial charge in [-0.15, -0.1) is 10.2 Å². The summed E-state index contributed by atoms with van der Waals surface area (Å²) in [4.78, 5) is 36.9. The lowest BCUT2D eigenvalue weighted by molar-refractivity contribution is -0.142. The molecule has 2 aliphatic rings. The molecule has 0 unspecified atom stereocenters. The molecule has 3 aromatic heterocycles. The van der Waals surface area contributed by atoms with Gasteiger partial charge in [-0.1, -0.05) is 12.8 Å². The van der Waals surface area contributed by atoms with Crippen LogP contribution in [0.4, 0.5) is 0 Å². The first-order chi connectivity index (χ1) is 19.1. The number of carbonyl (C=O) groups excluding carboxylic acids is 2. The van der Waals surface area contributed by atoms with Crippen LogP contribution in [-0.4, -0.2) is 92.2 Å². The van der Waals surface area contributed by atoms with Crippen molar-refractivity contribution in [3.05, 3.63) is 48.0 Å². The van der Waals surface area contributed by atoms with Gasteiger partial charge in [-0.2, -0.15) is 4.80 Å². The summed E-state index contributed by atoms with van der Waals surface area (Å²) in [6.07, 6.45) is 8.13. The Bertz CT molecular complexity index is 1220. The third-order valence-corrected chi connectivity index (χ3v) is 7.27. The normalized spacial score (nSPS) is 17.3. The molecule has 2 fully saturated rings. The zero-order valence-electron chi connectivity index (χ0n) is 22.4. The van der Waals surface area contributed by atoms with Crippen molar-refractivity contribution < 1.29 is 18.7 Å². The summed E-state index contributed by atoms with van der Waals surface area (Å²) in [5, 5.41) is 15.7. The van der Waals surface area contributed by atoms with Crippen LogP contribution in [0.25, 0.3) is 11.6 Å². The van der Waals surface area contributed by atoms with Crippen molar-refractivity contribution in [1.29, 1.82) is 0 Å². The summed E-state index contributed by atoms with van der Waals surface area (Å²) >= 11 is 0. The molecule has 2 amide bonds. The van der Waals surface area contributed by atoms with Crippen molar-refractivity contribution in [2.45, 2.75) is 57.7 Å². The zero-order valence-corrected chi connectivity index (χ0v) is 22.4. The maximum absolute atomic E-state index is 13.8. The lowest BCUT2D eigenvalue weighted by atomic mass is 10.0. The number of hydrogen-bond donors (Lipinski definition) is 1. The number of nitrogens with one attached hydrogen (secondary N) is 1. The van der Waals surface area contributed by atoms with E-state index in [1.807, 2.05) is 13.0 Å². The van der Waals surface area contributed by atoms with Gasteiger partial charge in [0.25, 0.3) is 0 Å². The molecular weight excluding hydrogens is 500 g/mol. The van der Waals surface area contributed by atoms with Gasteiger partial charge in [0.15, 0.2) is 5.76 Å². The van der Waals surface area contributed by atoms with E-state index in [0.717, 1.165) is 56.6 Å². The number of hydrogen-bond acceptors (Lipinski definition) is 9. The molecule has 1 atom stereocenters. The van der Waals surface area contributed by atoms with Crippen LogP contribution in [0.3, 0.4) is 0 Å². The second-order valence-corrected chi connectivity index (χ2v) is 10.1. The van der Waals surface area contributed by atoms with Crippen LogP contribution in [0.1, 0.15) is 49.5 Å². The Morgan fingerprint density at radius 2 is 1.90 bits per heavy atom. The van der Waals surface area contributed by atoms with E-state index < -0.39 is 6.04 Å². The average molecular weight is 537 g/mol. The third kappa shape index (κ3) is 7.07. The van der Waals surface area contributed by atoms with E-state index >= 15 is 0 Å². The number of pyridine rings is 1. The SMILES string of the molecule is Cc1ccc(-c2nnn(CC(=O)N(CCCN3CCOCC3)[C@@H](C(=O)NC3CCCC3)c3ccncc3)n2)o1. The van der Waals surface area contributed by atoms with E-state index in [2.05, 4.69) is 30.6 Å². The number of tetrazole rings is 1. The van der Waals surface area contributed by atoms with Gasteiger partial charge in [-0.25, -0.2) is 0 Å². The summed E-state index contributed by atoms with van der Waals surface area (Å²) < 4.78 is 11.1. The van der Waals surface area contributed by atoms with Gasteiger partial charge in [0.1, 0.15) is 18.3 Å². The topological polar surface area (TPSA) is 132 Å². The first-order valence-corrected chi connectivity index (χ1v) is 13.7. The molecule has 1 aliphatic carbocycles. The van der Waals surface area contributed by atoms with Crippen LogP contribution in [0, 0.1) is 6.92 Å². The van der Waals surface area contributed by atoms with Crippen LogP contribution in [0.15, 0.2) is 41.1 Å². The minimum Gasteiger partial charge on any atom is -0.458 e. The molecule has 4 heterocycles. The molecule has 12 heteroatoms. The summed E-state index contributed by atoms with van der Waals surface area (Å²) in [6.45, 7) is 6.04. The highest BCUT2D eigenvalue weighted by atomic mass is 16.5. The number of amides is 2. The fourth-order valence-electron chi connectivity index (χ4n) is 5.23. The molecule has 0 bridgehead atoms. The molecule has 3 aromatic rings. The minimum atomic E-state index is -0.790. The van der Waals surface area contributed by atoms with Gasteiger partial charge in [-0.05, 0) is 61.2 Å². The second-order valence-electron chi connectivity index (χ2n) is 10.1. The van der Waals surface area contributed by atoms with E-state index in [-0.39, 0.29) is 24.4 Å². The minimum absolute atomic E-state index is 0.128. The van der Waals surface area contributed by atoms with Crippen LogP contribution in [0.2, 0.25) is 0 Å². The van der Waals surface area contributed by atoms with Gasteiger partial charge in [0.05, 0.1) is 13.2 Å². The Hall–Kier alpha value is -3.64. The third-order valence-electron chi connectivity index (χ3n) is 7.27. The fourth-order valence-corrected chi connectivity index (χ4v) is 5.23. The predicted molar refractivity (Wildman–Crippen MR) is 141 cm³/mol. The average Bonchev–Trinajstić information content (AvgIpc) is 3.72. The summed E-state index contributed by atoms with van der Waals surface area (Å²) in [7, 11) is 0. The molecule has 0 radical (unpaired) electrons. The number of furan rings is 1. The summed E-state index contributed by atoms with van der Waals surface area (Å²) in [6, 6.07) is 6.52. The highest BCUT2D eigenvalue weighted by Crippen LogP contribution is 2.25. The molecule has 208 valence electrons. The molecule has 0 aromatic carbocycles. The molecule has 1 saturated heterocycles. The van der Waals surface area contributed by atoms with E-state index in [1.165, 1.54) is 4.80 Å². The summed E-state index contributed by atoms with van der Waals surface area (Å²) in [5.74, 6) is 1.09. The maximum atomic E-state index is 13.8. The second kappa shape index (κ2) is 12.9. The lowest BCUT2D eigenvalue weighted by Crippen LogP contribution is -2.48. The number of aromatic nitrogens is 5. The fraction of sp³-hybridized carbons (Fsp3) is 0.556. The Balaban J connectivity index is 1.36. The lowest BCUT2D eigenvalue weighted by Gasteiger charge is -2.33. The molecule has 1 N–H and O–H groups in total. The monoisotopic (exact) mass is 536 g/mol. The zero-order chi connectivity index (χ0) is 27.0. The van der Waals surface area contributed by atoms with Crippen molar-refractivity contribution in [2.75, 3.05) is 39.4 Å². The Kier molecular flexibility index (Phi) is 8.94. The predicted octanol–water partition coefficient (Wildman–Crippen LogP) is 1.99. The highest BCUT2D eigenvalue weighted by Gasteiger charge is 2.33. The van der Waals surface area contributed by atoms with Gasteiger partial charge in [0, 0.05) is 44.6 Å². The number of ether oxygens (including phenoxy) is 1. The molecule has 5 rings (SSSR count). The number of carbonyl (C=O) groups is 2. The van der Waals surface area contributed by atoms with E-state index in [9.17, 15) is 9.59 Å². The molecular formula is C27H36N8O4. The molecule has 12 nitrogen and oxygen atoms in total. The molecule has 0 spiro atoms. The molecule has 1 saturated carbocycles. The quantitative estimate of drug-likeness (QED) is 0.391. The molecule has 1 aliphatic heterocycles. The number of rotatable bonds is 11. The largest absolute Gasteiger partial charge is 0.458 e. The Morgan fingerprint density at radius 3 is 2.62 bits per heavy atom. The van der Waals surface area contributed by atoms with Crippen LogP contribution in [0.5, 0.6) is 0 Å². The first-order valence-electron chi connectivity index (χ1n) is 13.7. The highest BCUT2D eigenvalue weighted by molar-refractivity contribution is 5.88. The number of aryl methyl sites for hydroxylation is 1. The number of nitrogens with zero attached hydrogens (tertiary/aromatic N) is 7. The van der Waals surface area contributed by atoms with E-state index in [4.69, 9.17) is 9.15 Å². The molecule has 39 heavy (non-hydrogen) atoms. The van der Waals surface area contributed by atoms with Gasteiger partial charge in [0.2, 0.25) is 17.6 Å². The van der Waals surface area contributed by atoms with Crippen molar-refractivity contribution in [1.82, 2.24) is 40.3 Å². The smallest absolute Gasteiger partial charge is 0.247 e. The summed E-state index contributed by atoms with van der Waals surface area (Å²) in [5.41, 5.74) is 0.721. The first kappa shape index (κ1) is 26.9. The van der Waals surface area contributed by atoms with Crippen molar-refractivity contribution in [3.8, 4) is 11.6 Å². The van der Waals surface area contributed by atoms with Crippen molar-refractivity contribution in [3.63, 3.8) is 0 Å². The standard InChI is InChI=1S/C27H36N8O4/c1-20-7-8-23(39-20)26-30-32-35(31-26)19-24(36)34(14-4-13-33-15-17-38-18-16-33)25(21-9-11-28-12-10-21)27(37)29-22-5-2-3-6-22/h7-12,22,25H,2-6,13-19H2,1H3,(H,29,37)/t25-/m1/s1. The van der Waals surface area contributed by atoms with E-state index in [0.29, 0.717) is 37.8 Å². The Morgan fingerprint density at radius 1 is 1.13 bits per heavy atom. The number of morpholine rings is 1. The van der Waals surface area contributed by atoms with Crippen LogP contribution in [-0.2, 0) is 20.9 Å². The Labute approximate surface area is 227 Å². The van der Waals surface area contributed by atoms with Crippen LogP contribution >= 0.6 is 0 Å². The maximum Gasteiger partial charge on any atom is 0.247 e. The van der Waals surface area contributed by atoms with Gasteiger partial charge in [-0.3, -0.25) is 19.5 Å².